The molecule has 1 unspecified atom stereocenters. The Morgan fingerprint density at radius 3 is 2.92 bits per heavy atom. The molecular weight excluding hydrogens is 223 g/mol. The number of rotatable bonds is 2. The molecule has 1 heteroatoms. The summed E-state index contributed by atoms with van der Waals surface area (Å²) in [5, 5.41) is 1.46. The summed E-state index contributed by atoms with van der Waals surface area (Å²) in [6.07, 6.45) is 1.23. The molecule has 0 radical (unpaired) electrons. The normalized spacial score (nSPS) is 13.4. The first-order valence-electron chi connectivity index (χ1n) is 4.78. The van der Waals surface area contributed by atoms with Crippen LogP contribution in [0.2, 0.25) is 0 Å². The molecule has 0 saturated carbocycles. The number of benzene rings is 1. The minimum absolute atomic E-state index is 0.601. The van der Waals surface area contributed by atoms with Crippen molar-refractivity contribution in [3.8, 4) is 0 Å². The summed E-state index contributed by atoms with van der Waals surface area (Å²) in [6.45, 7) is 4.54. The van der Waals surface area contributed by atoms with E-state index in [0.717, 1.165) is 0 Å². The molecule has 0 aliphatic heterocycles. The topological polar surface area (TPSA) is 0 Å². The number of hydrogen-bond acceptors (Lipinski definition) is 0. The zero-order chi connectivity index (χ0) is 9.26. The average molecular weight is 237 g/mol. The van der Waals surface area contributed by atoms with Crippen molar-refractivity contribution in [2.45, 2.75) is 26.2 Å². The fourth-order valence-electron chi connectivity index (χ4n) is 1.53. The molecule has 0 aliphatic rings. The van der Waals surface area contributed by atoms with E-state index >= 15 is 0 Å². The molecule has 1 aromatic heterocycles. The first-order valence-corrected chi connectivity index (χ1v) is 6.63. The van der Waals surface area contributed by atoms with E-state index in [1.807, 2.05) is 0 Å². The van der Waals surface area contributed by atoms with Crippen LogP contribution in [0, 0.1) is 0 Å². The van der Waals surface area contributed by atoms with E-state index in [2.05, 4.69) is 43.1 Å². The molecule has 13 heavy (non-hydrogen) atoms. The predicted octanol–water partition coefficient (Wildman–Crippen LogP) is 3.41. The molecule has 68 valence electrons. The van der Waals surface area contributed by atoms with E-state index in [1.165, 1.54) is 17.4 Å². The van der Waals surface area contributed by atoms with Crippen LogP contribution in [0.15, 0.2) is 29.2 Å². The molecule has 0 amide bonds. The molecule has 0 aliphatic carbocycles. The van der Waals surface area contributed by atoms with Gasteiger partial charge in [0.05, 0.1) is 0 Å². The Hall–Kier alpha value is -0.521. The van der Waals surface area contributed by atoms with Crippen LogP contribution in [0.25, 0.3) is 9.65 Å². The molecule has 2 aromatic rings. The van der Waals surface area contributed by atoms with Crippen LogP contribution in [0.4, 0.5) is 0 Å². The van der Waals surface area contributed by atoms with Gasteiger partial charge >= 0.3 is 85.1 Å². The molecule has 1 atom stereocenters. The van der Waals surface area contributed by atoms with Crippen LogP contribution in [0.3, 0.4) is 0 Å². The molecular formula is C12H14Se. The maximum atomic E-state index is 2.36. The molecule has 0 fully saturated rings. The summed E-state index contributed by atoms with van der Waals surface area (Å²) in [7, 11) is 0. The fourth-order valence-corrected chi connectivity index (χ4v) is 3.14. The van der Waals surface area contributed by atoms with Crippen molar-refractivity contribution in [2.24, 2.45) is 0 Å². The van der Waals surface area contributed by atoms with Crippen molar-refractivity contribution < 1.29 is 0 Å². The van der Waals surface area contributed by atoms with Gasteiger partial charge in [-0.05, 0) is 0 Å². The van der Waals surface area contributed by atoms with Crippen LogP contribution in [-0.4, -0.2) is 14.5 Å². The zero-order valence-corrected chi connectivity index (χ0v) is 9.79. The summed E-state index contributed by atoms with van der Waals surface area (Å²) in [4.78, 5) is 2.30. The summed E-state index contributed by atoms with van der Waals surface area (Å²) >= 11 is 0.601. The van der Waals surface area contributed by atoms with Gasteiger partial charge in [-0.15, -0.1) is 0 Å². The van der Waals surface area contributed by atoms with Gasteiger partial charge in [0.2, 0.25) is 0 Å². The second-order valence-corrected chi connectivity index (χ2v) is 5.52. The van der Waals surface area contributed by atoms with Crippen molar-refractivity contribution in [2.75, 3.05) is 0 Å². The van der Waals surface area contributed by atoms with Crippen LogP contribution in [-0.2, 0) is 0 Å². The van der Waals surface area contributed by atoms with Crippen LogP contribution in [0.5, 0.6) is 0 Å². The Bertz CT molecular complexity index is 400. The molecule has 1 aromatic carbocycles. The number of hydrogen-bond donors (Lipinski definition) is 0. The summed E-state index contributed by atoms with van der Waals surface area (Å²) < 4.78 is 1.54. The zero-order valence-electron chi connectivity index (χ0n) is 8.08. The van der Waals surface area contributed by atoms with Gasteiger partial charge in [-0.1, -0.05) is 0 Å². The SMILES string of the molecule is CCC(C)c1ccc2[se]ccc2c1. The minimum atomic E-state index is 0.601. The molecule has 0 spiro atoms. The molecule has 0 saturated heterocycles. The van der Waals surface area contributed by atoms with E-state index in [9.17, 15) is 0 Å². The quantitative estimate of drug-likeness (QED) is 0.702. The van der Waals surface area contributed by atoms with Gasteiger partial charge in [-0.3, -0.25) is 0 Å². The van der Waals surface area contributed by atoms with Gasteiger partial charge in [0.15, 0.2) is 0 Å². The monoisotopic (exact) mass is 238 g/mol. The molecule has 0 bridgehead atoms. The molecule has 0 nitrogen and oxygen atoms in total. The second-order valence-electron chi connectivity index (χ2n) is 3.53. The van der Waals surface area contributed by atoms with Gasteiger partial charge in [0, 0.05) is 0 Å². The third-order valence-corrected chi connectivity index (χ3v) is 4.54. The van der Waals surface area contributed by atoms with Gasteiger partial charge in [0.1, 0.15) is 0 Å². The maximum absolute atomic E-state index is 2.36. The summed E-state index contributed by atoms with van der Waals surface area (Å²) in [5.41, 5.74) is 1.49. The first kappa shape index (κ1) is 9.05. The van der Waals surface area contributed by atoms with Crippen molar-refractivity contribution in [3.05, 3.63) is 34.8 Å². The molecule has 2 rings (SSSR count). The van der Waals surface area contributed by atoms with Crippen LogP contribution in [0.1, 0.15) is 31.7 Å². The first-order chi connectivity index (χ1) is 6.31. The molecule has 0 N–H and O–H groups in total. The van der Waals surface area contributed by atoms with E-state index in [-0.39, 0.29) is 0 Å². The Kier molecular flexibility index (Phi) is 2.57. The third kappa shape index (κ3) is 1.72. The Morgan fingerprint density at radius 2 is 2.15 bits per heavy atom. The Labute approximate surface area is 85.3 Å². The van der Waals surface area contributed by atoms with Crippen molar-refractivity contribution >= 4 is 24.1 Å². The summed E-state index contributed by atoms with van der Waals surface area (Å²) in [5.74, 6) is 0.701. The predicted molar refractivity (Wildman–Crippen MR) is 59.6 cm³/mol. The van der Waals surface area contributed by atoms with E-state index in [0.29, 0.717) is 20.4 Å². The van der Waals surface area contributed by atoms with Crippen molar-refractivity contribution in [1.29, 1.82) is 0 Å². The Balaban J connectivity index is 2.48. The van der Waals surface area contributed by atoms with E-state index in [4.69, 9.17) is 0 Å². The van der Waals surface area contributed by atoms with E-state index < -0.39 is 0 Å². The molecule has 1 heterocycles. The van der Waals surface area contributed by atoms with Gasteiger partial charge < -0.3 is 0 Å². The fraction of sp³-hybridized carbons (Fsp3) is 0.333. The second kappa shape index (κ2) is 3.69. The van der Waals surface area contributed by atoms with Gasteiger partial charge in [-0.25, -0.2) is 0 Å². The number of fused-ring (bicyclic) bond motifs is 1. The van der Waals surface area contributed by atoms with Crippen molar-refractivity contribution in [1.82, 2.24) is 0 Å². The van der Waals surface area contributed by atoms with E-state index in [1.54, 1.807) is 4.26 Å². The third-order valence-electron chi connectivity index (χ3n) is 2.66. The standard InChI is InChI=1S/C12H14Se/c1-3-9(2)10-4-5-12-11(8-10)6-7-13-12/h4-9H,3H2,1-2H3. The summed E-state index contributed by atoms with van der Waals surface area (Å²) in [6, 6.07) is 9.22. The van der Waals surface area contributed by atoms with Gasteiger partial charge in [0.25, 0.3) is 0 Å². The van der Waals surface area contributed by atoms with Crippen molar-refractivity contribution in [3.63, 3.8) is 0 Å². The van der Waals surface area contributed by atoms with Gasteiger partial charge in [-0.2, -0.15) is 0 Å². The Morgan fingerprint density at radius 1 is 1.31 bits per heavy atom. The van der Waals surface area contributed by atoms with Crippen LogP contribution < -0.4 is 0 Å². The van der Waals surface area contributed by atoms with Crippen LogP contribution >= 0.6 is 0 Å². The average Bonchev–Trinajstić information content (AvgIpc) is 2.63.